The van der Waals surface area contributed by atoms with Crippen LogP contribution < -0.4 is 30.4 Å². The average Bonchev–Trinajstić information content (AvgIpc) is 4.12. The standard InChI is InChI=1S/C71H72BN3S2/c1-66(2,3)44-28-30-45(31-29-44)73-57-42-53-52(68(6,7)35-36-69(53,8)9)41-55(57)72-62-58(73)38-47(75(46-22-15-13-16-23-46)71(12)32-19-14-20-33-71)39-59(62)74(56-26-21-25-49-48-24-17-18-27-60(48)76-64(49)56)63-50-40-51-54(43-61(50)77-65(63)72)70(10,11)37-34-67(51,4)5/h13-32,38-43H,33-37H2,1-12H3. The molecule has 9 aromatic rings. The molecule has 14 rings (SSSR count). The average molecular weight is 1040 g/mol. The third kappa shape index (κ3) is 7.33. The maximum absolute atomic E-state index is 2.78. The number of nitrogens with zero attached hydrogens (tertiary/aromatic N) is 3. The number of thiophene rings is 2. The maximum atomic E-state index is 2.78. The van der Waals surface area contributed by atoms with E-state index in [1.807, 2.05) is 11.3 Å². The molecule has 1 atom stereocenters. The second-order valence-corrected chi connectivity index (χ2v) is 29.4. The molecule has 0 N–H and O–H groups in total. The van der Waals surface area contributed by atoms with Crippen LogP contribution in [0.25, 0.3) is 30.3 Å². The summed E-state index contributed by atoms with van der Waals surface area (Å²) in [6.45, 7) is 29.4. The lowest BCUT2D eigenvalue weighted by Crippen LogP contribution is -2.61. The van der Waals surface area contributed by atoms with Crippen molar-refractivity contribution >= 4 is 121 Å². The summed E-state index contributed by atoms with van der Waals surface area (Å²) in [5.41, 5.74) is 20.0. The molecule has 386 valence electrons. The van der Waals surface area contributed by atoms with Gasteiger partial charge >= 0.3 is 0 Å². The van der Waals surface area contributed by atoms with Crippen molar-refractivity contribution in [1.82, 2.24) is 0 Å². The Morgan fingerprint density at radius 3 is 1.78 bits per heavy atom. The Hall–Kier alpha value is -6.34. The minimum Gasteiger partial charge on any atom is -0.332 e. The van der Waals surface area contributed by atoms with Gasteiger partial charge in [0.05, 0.1) is 21.6 Å². The fraction of sp³-hybridized carbons (Fsp3) is 0.324. The number of fused-ring (bicyclic) bond motifs is 11. The van der Waals surface area contributed by atoms with Gasteiger partial charge in [0, 0.05) is 64.5 Å². The van der Waals surface area contributed by atoms with Crippen molar-refractivity contribution in [2.45, 2.75) is 148 Å². The largest absolute Gasteiger partial charge is 0.332 e. The molecule has 5 aliphatic rings. The monoisotopic (exact) mass is 1040 g/mol. The fourth-order valence-corrected chi connectivity index (χ4v) is 17.0. The van der Waals surface area contributed by atoms with Gasteiger partial charge in [0.1, 0.15) is 0 Å². The zero-order valence-electron chi connectivity index (χ0n) is 47.3. The zero-order valence-corrected chi connectivity index (χ0v) is 48.9. The van der Waals surface area contributed by atoms with Crippen LogP contribution in [0.4, 0.5) is 45.5 Å². The molecule has 2 aliphatic heterocycles. The van der Waals surface area contributed by atoms with E-state index in [1.54, 1.807) is 0 Å². The van der Waals surface area contributed by atoms with E-state index in [0.29, 0.717) is 0 Å². The number of anilines is 8. The van der Waals surface area contributed by atoms with E-state index >= 15 is 0 Å². The summed E-state index contributed by atoms with van der Waals surface area (Å²) >= 11 is 4.01. The molecule has 0 saturated heterocycles. The van der Waals surface area contributed by atoms with E-state index in [2.05, 4.69) is 267 Å². The summed E-state index contributed by atoms with van der Waals surface area (Å²) in [7, 11) is 0. The molecule has 0 bridgehead atoms. The lowest BCUT2D eigenvalue weighted by molar-refractivity contribution is 0.332. The SMILES string of the molecule is CC(C)(C)c1ccc(N2c3cc4c(cc3B3c5sc6cc7c(cc6c5N(c5cccc6c5sc5ccccc56)c5cc(N(c6ccccc6)C6(C)C=CC=CC6)cc2c53)C(C)(C)CCC7(C)C)C(C)(C)CCC4(C)C)cc1. The normalized spacial score (nSPS) is 20.2. The topological polar surface area (TPSA) is 9.72 Å². The zero-order chi connectivity index (χ0) is 53.3. The lowest BCUT2D eigenvalue weighted by Gasteiger charge is -2.48. The van der Waals surface area contributed by atoms with Crippen LogP contribution in [0.5, 0.6) is 0 Å². The van der Waals surface area contributed by atoms with Crippen molar-refractivity contribution in [3.63, 3.8) is 0 Å². The molecule has 6 heteroatoms. The van der Waals surface area contributed by atoms with Crippen molar-refractivity contribution in [1.29, 1.82) is 0 Å². The van der Waals surface area contributed by atoms with Crippen LogP contribution in [-0.4, -0.2) is 12.3 Å². The molecule has 0 radical (unpaired) electrons. The molecule has 7 aromatic carbocycles. The first kappa shape index (κ1) is 49.0. The first-order valence-electron chi connectivity index (χ1n) is 28.4. The van der Waals surface area contributed by atoms with Crippen LogP contribution in [0.3, 0.4) is 0 Å². The fourth-order valence-electron chi connectivity index (χ4n) is 14.5. The van der Waals surface area contributed by atoms with Crippen LogP contribution in [0.15, 0.2) is 158 Å². The minimum absolute atomic E-state index is 0.0122. The second-order valence-electron chi connectivity index (χ2n) is 27.3. The summed E-state index contributed by atoms with van der Waals surface area (Å²) in [6, 6.07) is 52.9. The van der Waals surface area contributed by atoms with Gasteiger partial charge in [0.15, 0.2) is 0 Å². The van der Waals surface area contributed by atoms with E-state index in [1.165, 1.54) is 132 Å². The van der Waals surface area contributed by atoms with Crippen LogP contribution >= 0.6 is 22.7 Å². The van der Waals surface area contributed by atoms with Crippen molar-refractivity contribution in [3.8, 4) is 0 Å². The van der Waals surface area contributed by atoms with Gasteiger partial charge in [-0.15, -0.1) is 22.7 Å². The maximum Gasteiger partial charge on any atom is 0.264 e. The summed E-state index contributed by atoms with van der Waals surface area (Å²) in [5, 5.41) is 4.01. The van der Waals surface area contributed by atoms with Crippen LogP contribution in [0, 0.1) is 0 Å². The van der Waals surface area contributed by atoms with E-state index in [4.69, 9.17) is 0 Å². The van der Waals surface area contributed by atoms with Crippen LogP contribution in [-0.2, 0) is 27.1 Å². The van der Waals surface area contributed by atoms with E-state index in [-0.39, 0.29) is 39.3 Å². The molecule has 0 amide bonds. The molecule has 3 aliphatic carbocycles. The third-order valence-corrected chi connectivity index (χ3v) is 21.6. The number of benzene rings is 7. The predicted octanol–water partition coefficient (Wildman–Crippen LogP) is 18.8. The molecule has 4 heterocycles. The van der Waals surface area contributed by atoms with Gasteiger partial charge in [-0.05, 0) is 172 Å². The van der Waals surface area contributed by atoms with Gasteiger partial charge in [-0.1, -0.05) is 167 Å². The van der Waals surface area contributed by atoms with Gasteiger partial charge in [0.25, 0.3) is 6.71 Å². The molecule has 2 aromatic heterocycles. The molecular formula is C71H72BN3S2. The van der Waals surface area contributed by atoms with Gasteiger partial charge in [-0.3, -0.25) is 0 Å². The second kappa shape index (κ2) is 16.6. The molecule has 77 heavy (non-hydrogen) atoms. The highest BCUT2D eigenvalue weighted by Crippen LogP contribution is 2.57. The third-order valence-electron chi connectivity index (χ3n) is 19.2. The summed E-state index contributed by atoms with van der Waals surface area (Å²) < 4.78 is 5.48. The molecule has 1 unspecified atom stereocenters. The van der Waals surface area contributed by atoms with Crippen molar-refractivity contribution in [2.75, 3.05) is 14.7 Å². The first-order chi connectivity index (χ1) is 36.6. The number of hydrogen-bond donors (Lipinski definition) is 0. The molecule has 0 spiro atoms. The number of allylic oxidation sites excluding steroid dienone is 2. The van der Waals surface area contributed by atoms with Gasteiger partial charge < -0.3 is 14.7 Å². The van der Waals surface area contributed by atoms with Gasteiger partial charge in [0.2, 0.25) is 0 Å². The summed E-state index contributed by atoms with van der Waals surface area (Å²) in [5.74, 6) is 0. The van der Waals surface area contributed by atoms with Gasteiger partial charge in [-0.25, -0.2) is 0 Å². The highest BCUT2D eigenvalue weighted by Gasteiger charge is 2.50. The Bertz CT molecular complexity index is 3990. The minimum atomic E-state index is -0.348. The lowest BCUT2D eigenvalue weighted by atomic mass is 9.35. The molecule has 3 nitrogen and oxygen atoms in total. The molecular weight excluding hydrogens is 970 g/mol. The number of hydrogen-bond acceptors (Lipinski definition) is 5. The van der Waals surface area contributed by atoms with Crippen LogP contribution in [0.2, 0.25) is 0 Å². The Kier molecular flexibility index (Phi) is 10.6. The first-order valence-corrected chi connectivity index (χ1v) is 30.1. The Balaban J connectivity index is 1.17. The Morgan fingerprint density at radius 2 is 1.12 bits per heavy atom. The van der Waals surface area contributed by atoms with E-state index in [9.17, 15) is 0 Å². The quantitative estimate of drug-likeness (QED) is 0.159. The highest BCUT2D eigenvalue weighted by atomic mass is 32.1. The molecule has 0 saturated carbocycles. The summed E-state index contributed by atoms with van der Waals surface area (Å²) in [6.07, 6.45) is 14.8. The van der Waals surface area contributed by atoms with Crippen molar-refractivity contribution in [3.05, 3.63) is 186 Å². The number of para-hydroxylation sites is 1. The molecule has 0 fully saturated rings. The Morgan fingerprint density at radius 1 is 0.506 bits per heavy atom. The smallest absolute Gasteiger partial charge is 0.264 e. The summed E-state index contributed by atoms with van der Waals surface area (Å²) in [4.78, 5) is 8.12. The van der Waals surface area contributed by atoms with Gasteiger partial charge in [-0.2, -0.15) is 0 Å². The van der Waals surface area contributed by atoms with E-state index in [0.717, 1.165) is 19.3 Å². The number of rotatable bonds is 5. The highest BCUT2D eigenvalue weighted by molar-refractivity contribution is 7.34. The Labute approximate surface area is 466 Å². The van der Waals surface area contributed by atoms with E-state index < -0.39 is 0 Å². The van der Waals surface area contributed by atoms with Crippen LogP contribution in [0.1, 0.15) is 143 Å². The van der Waals surface area contributed by atoms with Crippen molar-refractivity contribution < 1.29 is 0 Å². The predicted molar refractivity (Wildman–Crippen MR) is 338 cm³/mol. The van der Waals surface area contributed by atoms with Crippen molar-refractivity contribution in [2.24, 2.45) is 0 Å².